The Morgan fingerprint density at radius 3 is 2.05 bits per heavy atom. The predicted octanol–water partition coefficient (Wildman–Crippen LogP) is 11.8. The fourth-order valence-electron chi connectivity index (χ4n) is 4.42. The molecular weight excluding hydrogens is 613 g/mol. The van der Waals surface area contributed by atoms with Crippen LogP contribution in [0.4, 0.5) is 32.3 Å². The molecule has 0 N–H and O–H groups in total. The number of rotatable bonds is 12. The Morgan fingerprint density at radius 1 is 0.698 bits per heavy atom. The average Bonchev–Trinajstić information content (AvgIpc) is 3.78. The molecule has 43 heavy (non-hydrogen) atoms. The fraction of sp³-hybridized carbons (Fsp3) is 0.258. The van der Waals surface area contributed by atoms with Gasteiger partial charge in [-0.1, -0.05) is 59.5 Å². The maximum atomic E-state index is 4.68. The molecule has 0 aliphatic rings. The van der Waals surface area contributed by atoms with Crippen LogP contribution >= 0.6 is 45.3 Å². The van der Waals surface area contributed by atoms with E-state index in [1.165, 1.54) is 46.8 Å². The van der Waals surface area contributed by atoms with E-state index < -0.39 is 0 Å². The van der Waals surface area contributed by atoms with Crippen molar-refractivity contribution in [3.8, 4) is 0 Å². The zero-order valence-corrected chi connectivity index (χ0v) is 27.4. The van der Waals surface area contributed by atoms with Gasteiger partial charge < -0.3 is 4.90 Å². The van der Waals surface area contributed by atoms with E-state index in [9.17, 15) is 0 Å². The lowest BCUT2D eigenvalue weighted by Gasteiger charge is -2.20. The maximum absolute atomic E-state index is 4.68. The second-order valence-electron chi connectivity index (χ2n) is 9.68. The molecule has 0 unspecified atom stereocenters. The summed E-state index contributed by atoms with van der Waals surface area (Å²) in [7, 11) is 0. The van der Waals surface area contributed by atoms with Gasteiger partial charge in [-0.15, -0.1) is 31.8 Å². The number of fused-ring (bicyclic) bond motifs is 2. The van der Waals surface area contributed by atoms with Crippen molar-refractivity contribution in [1.29, 1.82) is 0 Å². The van der Waals surface area contributed by atoms with E-state index in [2.05, 4.69) is 91.4 Å². The number of nitrogens with zero attached hydrogens (tertiary/aromatic N) is 8. The highest BCUT2D eigenvalue weighted by Crippen LogP contribution is 2.39. The largest absolute Gasteiger partial charge is 0.372 e. The summed E-state index contributed by atoms with van der Waals surface area (Å²) in [4.78, 5) is 19.1. The lowest BCUT2D eigenvalue weighted by molar-refractivity contribution is 0.795. The summed E-state index contributed by atoms with van der Waals surface area (Å²) >= 11 is 6.19. The highest BCUT2D eigenvalue weighted by atomic mass is 32.1. The minimum Gasteiger partial charge on any atom is -0.372 e. The molecule has 8 nitrogen and oxygen atoms in total. The van der Waals surface area contributed by atoms with Crippen LogP contribution in [0.2, 0.25) is 0 Å². The van der Waals surface area contributed by atoms with Gasteiger partial charge in [-0.05, 0) is 80.8 Å². The lowest BCUT2D eigenvalue weighted by atomic mass is 10.1. The van der Waals surface area contributed by atoms with E-state index in [1.807, 2.05) is 36.5 Å². The zero-order chi connectivity index (χ0) is 29.6. The summed E-state index contributed by atoms with van der Waals surface area (Å²) < 4.78 is 2.13. The first-order chi connectivity index (χ1) is 21.1. The first-order valence-corrected chi connectivity index (χ1v) is 17.5. The van der Waals surface area contributed by atoms with Crippen molar-refractivity contribution in [2.75, 3.05) is 18.0 Å². The summed E-state index contributed by atoms with van der Waals surface area (Å²) in [6.45, 7) is 8.48. The molecule has 0 aliphatic heterocycles. The molecular formula is C31H30N8S4. The highest BCUT2D eigenvalue weighted by Gasteiger charge is 2.10. The molecule has 2 aromatic carbocycles. The number of thiazole rings is 2. The Balaban J connectivity index is 1.06. The van der Waals surface area contributed by atoms with Gasteiger partial charge in [-0.3, -0.25) is 0 Å². The Labute approximate surface area is 266 Å². The summed E-state index contributed by atoms with van der Waals surface area (Å²) in [5.41, 5.74) is 4.20. The topological polar surface area (TPSA) is 90.8 Å². The van der Waals surface area contributed by atoms with E-state index in [0.29, 0.717) is 5.13 Å². The number of aliphatic imine (C=N–C) groups is 1. The van der Waals surface area contributed by atoms with Crippen LogP contribution in [0.3, 0.4) is 0 Å². The Bertz CT molecular complexity index is 1820. The van der Waals surface area contributed by atoms with Crippen LogP contribution in [-0.2, 0) is 6.42 Å². The van der Waals surface area contributed by atoms with Gasteiger partial charge in [0.15, 0.2) is 0 Å². The van der Waals surface area contributed by atoms with E-state index in [1.54, 1.807) is 22.7 Å². The standard InChI is InChI=1S/C31H30N8S4/c1-4-7-8-20-9-11-21(12-10-20)35-37-27-18-26-29(43-27)33-30(41-26)32-19-24-17-25-28(40-24)34-31(42-25)38-36-22-13-15-23(16-14-22)39(5-2)6-3/h9-19H,4-8H2,1-3H3. The molecule has 4 aromatic heterocycles. The second kappa shape index (κ2) is 13.7. The SMILES string of the molecule is CCCCc1ccc(N=Nc2cc3sc(N=Cc4cc5sc(N=Nc6ccc(N(CC)CC)cc6)nc5s4)nc3s2)cc1. The first-order valence-electron chi connectivity index (χ1n) is 14.2. The third-order valence-corrected chi connectivity index (χ3v) is 10.6. The number of unbranched alkanes of at least 4 members (excludes halogenated alkanes) is 1. The normalized spacial score (nSPS) is 12.3. The summed E-state index contributed by atoms with van der Waals surface area (Å²) in [6, 6.07) is 20.6. The number of hydrogen-bond donors (Lipinski definition) is 0. The molecule has 0 saturated heterocycles. The van der Waals surface area contributed by atoms with E-state index in [-0.39, 0.29) is 0 Å². The third kappa shape index (κ3) is 7.27. The quantitative estimate of drug-likeness (QED) is 0.0982. The molecule has 0 atom stereocenters. The molecule has 0 bridgehead atoms. The van der Waals surface area contributed by atoms with Crippen LogP contribution in [0.1, 0.15) is 44.1 Å². The van der Waals surface area contributed by atoms with Crippen LogP contribution in [0.15, 0.2) is 86.1 Å². The van der Waals surface area contributed by atoms with Crippen LogP contribution in [0, 0.1) is 0 Å². The molecule has 6 rings (SSSR count). The highest BCUT2D eigenvalue weighted by molar-refractivity contribution is 7.31. The van der Waals surface area contributed by atoms with Crippen LogP contribution in [0.5, 0.6) is 0 Å². The van der Waals surface area contributed by atoms with Crippen molar-refractivity contribution >= 4 is 103 Å². The predicted molar refractivity (Wildman–Crippen MR) is 186 cm³/mol. The summed E-state index contributed by atoms with van der Waals surface area (Å²) in [5, 5.41) is 19.8. The smallest absolute Gasteiger partial charge is 0.231 e. The van der Waals surface area contributed by atoms with Gasteiger partial charge in [0, 0.05) is 29.9 Å². The minimum absolute atomic E-state index is 0.648. The maximum Gasteiger partial charge on any atom is 0.231 e. The van der Waals surface area contributed by atoms with Gasteiger partial charge in [0.05, 0.1) is 20.8 Å². The number of aryl methyl sites for hydroxylation is 1. The zero-order valence-electron chi connectivity index (χ0n) is 24.1. The summed E-state index contributed by atoms with van der Waals surface area (Å²) in [5.74, 6) is 0. The van der Waals surface area contributed by atoms with Crippen molar-refractivity contribution in [3.05, 3.63) is 71.1 Å². The van der Waals surface area contributed by atoms with Crippen molar-refractivity contribution in [1.82, 2.24) is 9.97 Å². The van der Waals surface area contributed by atoms with Crippen LogP contribution < -0.4 is 4.90 Å². The van der Waals surface area contributed by atoms with Crippen LogP contribution in [-0.4, -0.2) is 29.3 Å². The van der Waals surface area contributed by atoms with E-state index >= 15 is 0 Å². The van der Waals surface area contributed by atoms with Gasteiger partial charge in [0.25, 0.3) is 0 Å². The second-order valence-corrected chi connectivity index (χ2v) is 13.8. The molecule has 218 valence electrons. The van der Waals surface area contributed by atoms with E-state index in [4.69, 9.17) is 0 Å². The van der Waals surface area contributed by atoms with Crippen molar-refractivity contribution in [3.63, 3.8) is 0 Å². The summed E-state index contributed by atoms with van der Waals surface area (Å²) in [6.07, 6.45) is 5.36. The Hall–Kier alpha value is -3.71. The molecule has 0 radical (unpaired) electrons. The van der Waals surface area contributed by atoms with Gasteiger partial charge in [-0.25, -0.2) is 15.0 Å². The average molecular weight is 643 g/mol. The van der Waals surface area contributed by atoms with E-state index in [0.717, 1.165) is 65.0 Å². The number of azo groups is 2. The number of hydrogen-bond acceptors (Lipinski definition) is 12. The number of aromatic nitrogens is 2. The Kier molecular flexibility index (Phi) is 9.37. The molecule has 6 aromatic rings. The van der Waals surface area contributed by atoms with Crippen molar-refractivity contribution in [2.45, 2.75) is 40.0 Å². The van der Waals surface area contributed by atoms with Crippen LogP contribution in [0.25, 0.3) is 19.1 Å². The van der Waals surface area contributed by atoms with Gasteiger partial charge in [0.1, 0.15) is 14.7 Å². The molecule has 12 heteroatoms. The number of benzene rings is 2. The first kappa shape index (κ1) is 29.4. The molecule has 4 heterocycles. The molecule has 0 amide bonds. The molecule has 0 aliphatic carbocycles. The minimum atomic E-state index is 0.648. The molecule has 0 spiro atoms. The van der Waals surface area contributed by atoms with Gasteiger partial charge >= 0.3 is 0 Å². The van der Waals surface area contributed by atoms with Gasteiger partial charge in [-0.2, -0.15) is 0 Å². The monoisotopic (exact) mass is 642 g/mol. The fourth-order valence-corrected chi connectivity index (χ4v) is 8.21. The third-order valence-electron chi connectivity index (χ3n) is 6.71. The molecule has 0 fully saturated rings. The number of thiophene rings is 2. The Morgan fingerprint density at radius 2 is 1.35 bits per heavy atom. The van der Waals surface area contributed by atoms with Crippen molar-refractivity contribution in [2.24, 2.45) is 25.4 Å². The lowest BCUT2D eigenvalue weighted by Crippen LogP contribution is -2.21. The van der Waals surface area contributed by atoms with Crippen molar-refractivity contribution < 1.29 is 0 Å². The van der Waals surface area contributed by atoms with Gasteiger partial charge in [0.2, 0.25) is 10.3 Å². The molecule has 0 saturated carbocycles. The number of anilines is 1.